The van der Waals surface area contributed by atoms with Crippen molar-refractivity contribution in [1.82, 2.24) is 20.4 Å². The number of hydrogen-bond acceptors (Lipinski definition) is 8. The summed E-state index contributed by atoms with van der Waals surface area (Å²) in [6, 6.07) is 2.78. The van der Waals surface area contributed by atoms with Gasteiger partial charge in [-0.25, -0.2) is 10.2 Å². The predicted octanol–water partition coefficient (Wildman–Crippen LogP) is -5.01. The van der Waals surface area contributed by atoms with Gasteiger partial charge in [0.1, 0.15) is 14.6 Å². The maximum atomic E-state index is 9.77. The molecule has 0 aliphatic rings. The first-order valence-electron chi connectivity index (χ1n) is 4.53. The molecule has 98 valence electrons. The molecular weight excluding hydrogens is 342 g/mol. The molecule has 2 rings (SSSR count). The molecule has 0 radical (unpaired) electrons. The molecule has 0 aromatic carbocycles. The van der Waals surface area contributed by atoms with Crippen molar-refractivity contribution in [2.75, 3.05) is 0 Å². The van der Waals surface area contributed by atoms with Crippen LogP contribution in [0.4, 0.5) is 0 Å². The van der Waals surface area contributed by atoms with Crippen LogP contribution in [0.2, 0.25) is 0 Å². The quantitative estimate of drug-likeness (QED) is 0.518. The molecule has 0 amide bonds. The van der Waals surface area contributed by atoms with Crippen LogP contribution in [0.25, 0.3) is 0 Å². The second-order valence-electron chi connectivity index (χ2n) is 2.65. The third-order valence-electron chi connectivity index (χ3n) is 1.40. The molecule has 2 aromatic heterocycles. The molecule has 0 bridgehead atoms. The Bertz CT molecular complexity index is 373. The number of aromatic nitrogens is 4. The van der Waals surface area contributed by atoms with E-state index in [1.807, 2.05) is 0 Å². The van der Waals surface area contributed by atoms with Crippen molar-refractivity contribution >= 4 is 14.6 Å². The van der Waals surface area contributed by atoms with Crippen molar-refractivity contribution in [2.45, 2.75) is 0 Å². The van der Waals surface area contributed by atoms with E-state index in [1.165, 1.54) is 24.5 Å². The summed E-state index contributed by atoms with van der Waals surface area (Å²) in [5.41, 5.74) is 0. The van der Waals surface area contributed by atoms with E-state index in [4.69, 9.17) is 0 Å². The van der Waals surface area contributed by atoms with Gasteiger partial charge in [0.2, 0.25) is 0 Å². The summed E-state index contributed by atoms with van der Waals surface area (Å²) in [7, 11) is -4.57. The number of nitrogens with zero attached hydrogens (tertiary/aromatic N) is 2. The third kappa shape index (κ3) is 8.40. The van der Waals surface area contributed by atoms with Gasteiger partial charge in [-0.15, -0.1) is 0 Å². The molecule has 2 aromatic rings. The van der Waals surface area contributed by atoms with Crippen LogP contribution in [0, 0.1) is 0 Å². The van der Waals surface area contributed by atoms with Crippen molar-refractivity contribution in [3.63, 3.8) is 0 Å². The van der Waals surface area contributed by atoms with Crippen molar-refractivity contribution < 1.29 is 50.5 Å². The topological polar surface area (TPSA) is 168 Å². The standard InChI is InChI=1S/2C3H3BN2O3.Mo/c2*7-4(8)9-3-1-2-5-6-3;/h2*1-2H,(H,5,6);/q2*-2;+4. The van der Waals surface area contributed by atoms with Crippen LogP contribution in [0.1, 0.15) is 0 Å². The van der Waals surface area contributed by atoms with Crippen molar-refractivity contribution in [1.29, 1.82) is 0 Å². The fourth-order valence-corrected chi connectivity index (χ4v) is 0.825. The average Bonchev–Trinajstić information content (AvgIpc) is 2.90. The molecular formula is C6H6B2MoN4O6. The number of aromatic amines is 2. The molecule has 2 N–H and O–H groups in total. The monoisotopic (exact) mass is 350 g/mol. The first-order valence-corrected chi connectivity index (χ1v) is 4.53. The summed E-state index contributed by atoms with van der Waals surface area (Å²) in [5.74, 6) is 0.204. The molecule has 10 nitrogen and oxygen atoms in total. The minimum Gasteiger partial charge on any atom is -0.860 e. The van der Waals surface area contributed by atoms with E-state index in [1.54, 1.807) is 0 Å². The van der Waals surface area contributed by atoms with Crippen molar-refractivity contribution in [3.05, 3.63) is 24.5 Å². The Hall–Kier alpha value is -1.32. The van der Waals surface area contributed by atoms with Crippen molar-refractivity contribution in [2.24, 2.45) is 0 Å². The van der Waals surface area contributed by atoms with Crippen molar-refractivity contribution in [3.8, 4) is 11.8 Å². The second kappa shape index (κ2) is 9.59. The van der Waals surface area contributed by atoms with Gasteiger partial charge < -0.3 is 29.4 Å². The van der Waals surface area contributed by atoms with Crippen LogP contribution in [-0.4, -0.2) is 35.0 Å². The Morgan fingerprint density at radius 3 is 1.42 bits per heavy atom. The zero-order chi connectivity index (χ0) is 13.4. The molecule has 0 aliphatic heterocycles. The molecule has 13 heteroatoms. The van der Waals surface area contributed by atoms with Crippen LogP contribution in [0.5, 0.6) is 11.8 Å². The van der Waals surface area contributed by atoms with Gasteiger partial charge in [-0.2, -0.15) is 10.2 Å². The number of nitrogens with one attached hydrogen (secondary N) is 2. The van der Waals surface area contributed by atoms with Crippen LogP contribution >= 0.6 is 0 Å². The maximum Gasteiger partial charge on any atom is 4.00 e. The van der Waals surface area contributed by atoms with Gasteiger partial charge in [-0.05, 0) is 0 Å². The number of H-pyrrole nitrogens is 2. The Labute approximate surface area is 122 Å². The Morgan fingerprint density at radius 2 is 1.21 bits per heavy atom. The fraction of sp³-hybridized carbons (Fsp3) is 0. The van der Waals surface area contributed by atoms with Gasteiger partial charge in [0.25, 0.3) is 0 Å². The van der Waals surface area contributed by atoms with E-state index in [0.29, 0.717) is 0 Å². The zero-order valence-corrected chi connectivity index (χ0v) is 11.2. The first-order chi connectivity index (χ1) is 8.58. The normalized spacial score (nSPS) is 8.63. The van der Waals surface area contributed by atoms with Gasteiger partial charge in [0.05, 0.1) is 12.4 Å². The SMILES string of the molecule is [Mo+4].[O-]B([O-])Oc1ccn[nH]1.[O-]B([O-])Oc1ccn[nH]1. The van der Waals surface area contributed by atoms with Crippen LogP contribution in [-0.2, 0) is 21.1 Å². The Balaban J connectivity index is 0.000000324. The summed E-state index contributed by atoms with van der Waals surface area (Å²) in [6.45, 7) is 0. The third-order valence-corrected chi connectivity index (χ3v) is 1.40. The van der Waals surface area contributed by atoms with Gasteiger partial charge in [-0.1, -0.05) is 0 Å². The average molecular weight is 348 g/mol. The Kier molecular flexibility index (Phi) is 8.92. The summed E-state index contributed by atoms with van der Waals surface area (Å²) in [6.07, 6.45) is 2.77. The van der Waals surface area contributed by atoms with Crippen LogP contribution in [0.15, 0.2) is 24.5 Å². The minimum atomic E-state index is -2.29. The number of hydrogen-bond donors (Lipinski definition) is 2. The minimum absolute atomic E-state index is 0. The van der Waals surface area contributed by atoms with Crippen LogP contribution < -0.4 is 29.4 Å². The van der Waals surface area contributed by atoms with E-state index in [9.17, 15) is 20.1 Å². The second-order valence-corrected chi connectivity index (χ2v) is 2.65. The predicted molar refractivity (Wildman–Crippen MR) is 49.9 cm³/mol. The molecule has 0 saturated carbocycles. The summed E-state index contributed by atoms with van der Waals surface area (Å²) < 4.78 is 8.25. The summed E-state index contributed by atoms with van der Waals surface area (Å²) in [4.78, 5) is 0. The van der Waals surface area contributed by atoms with Crippen LogP contribution in [0.3, 0.4) is 0 Å². The number of rotatable bonds is 4. The van der Waals surface area contributed by atoms with E-state index < -0.39 is 14.6 Å². The molecule has 19 heavy (non-hydrogen) atoms. The van der Waals surface area contributed by atoms with E-state index in [2.05, 4.69) is 29.7 Å². The first kappa shape index (κ1) is 17.7. The molecule has 0 spiro atoms. The smallest absolute Gasteiger partial charge is 0.860 e. The fourth-order valence-electron chi connectivity index (χ4n) is 0.825. The molecule has 0 atom stereocenters. The van der Waals surface area contributed by atoms with Gasteiger partial charge >= 0.3 is 21.1 Å². The van der Waals surface area contributed by atoms with Gasteiger partial charge in [0.15, 0.2) is 11.8 Å². The van der Waals surface area contributed by atoms with E-state index >= 15 is 0 Å². The maximum absolute atomic E-state index is 9.77. The molecule has 0 saturated heterocycles. The molecule has 0 unspecified atom stereocenters. The van der Waals surface area contributed by atoms with E-state index in [0.717, 1.165) is 0 Å². The van der Waals surface area contributed by atoms with E-state index in [-0.39, 0.29) is 32.8 Å². The summed E-state index contributed by atoms with van der Waals surface area (Å²) in [5, 5.41) is 50.6. The molecule has 2 heterocycles. The largest absolute Gasteiger partial charge is 4.00 e. The molecule has 0 aliphatic carbocycles. The van der Waals surface area contributed by atoms with Gasteiger partial charge in [0, 0.05) is 12.1 Å². The molecule has 0 fully saturated rings. The Morgan fingerprint density at radius 1 is 0.842 bits per heavy atom. The zero-order valence-electron chi connectivity index (χ0n) is 9.22. The van der Waals surface area contributed by atoms with Gasteiger partial charge in [-0.3, -0.25) is 0 Å². The summed E-state index contributed by atoms with van der Waals surface area (Å²) >= 11 is 0.